The van der Waals surface area contributed by atoms with Gasteiger partial charge >= 0.3 is 0 Å². The van der Waals surface area contributed by atoms with Crippen LogP contribution in [0.3, 0.4) is 0 Å². The number of aromatic nitrogens is 1. The van der Waals surface area contributed by atoms with Crippen molar-refractivity contribution in [3.8, 4) is 0 Å². The molecule has 0 bridgehead atoms. The van der Waals surface area contributed by atoms with Gasteiger partial charge in [-0.15, -0.1) is 0 Å². The lowest BCUT2D eigenvalue weighted by molar-refractivity contribution is -0.122. The predicted molar refractivity (Wildman–Crippen MR) is 73.2 cm³/mol. The number of nitrogens with zero attached hydrogens (tertiary/aromatic N) is 1. The molecule has 0 atom stereocenters. The SMILES string of the molecule is Nc1ccncc1CC(=O)C1CCCCCCC1. The van der Waals surface area contributed by atoms with Crippen molar-refractivity contribution in [2.24, 2.45) is 5.92 Å². The molecule has 0 radical (unpaired) electrons. The summed E-state index contributed by atoms with van der Waals surface area (Å²) in [4.78, 5) is 16.3. The van der Waals surface area contributed by atoms with Crippen LogP contribution in [-0.4, -0.2) is 10.8 Å². The Bertz CT molecular complexity index is 395. The number of pyridine rings is 1. The number of hydrogen-bond acceptors (Lipinski definition) is 3. The summed E-state index contributed by atoms with van der Waals surface area (Å²) in [7, 11) is 0. The van der Waals surface area contributed by atoms with E-state index in [1.165, 1.54) is 32.1 Å². The van der Waals surface area contributed by atoms with Crippen LogP contribution >= 0.6 is 0 Å². The fourth-order valence-corrected chi connectivity index (χ4v) is 2.70. The number of hydrogen-bond donors (Lipinski definition) is 1. The number of Topliss-reactive ketones (excluding diaryl/α,β-unsaturated/α-hetero) is 1. The van der Waals surface area contributed by atoms with Crippen molar-refractivity contribution in [2.75, 3.05) is 5.73 Å². The molecule has 0 spiro atoms. The first-order valence-electron chi connectivity index (χ1n) is 6.98. The predicted octanol–water partition coefficient (Wildman–Crippen LogP) is 3.14. The summed E-state index contributed by atoms with van der Waals surface area (Å²) in [6.45, 7) is 0. The van der Waals surface area contributed by atoms with E-state index in [2.05, 4.69) is 4.98 Å². The molecule has 2 rings (SSSR count). The first kappa shape index (κ1) is 13.1. The van der Waals surface area contributed by atoms with E-state index in [1.807, 2.05) is 0 Å². The van der Waals surface area contributed by atoms with Crippen molar-refractivity contribution in [3.05, 3.63) is 24.0 Å². The van der Waals surface area contributed by atoms with Gasteiger partial charge in [0.15, 0.2) is 0 Å². The second kappa shape index (κ2) is 6.53. The molecule has 0 saturated heterocycles. The molecule has 1 aliphatic rings. The number of ketones is 1. The van der Waals surface area contributed by atoms with Crippen LogP contribution in [0.2, 0.25) is 0 Å². The van der Waals surface area contributed by atoms with E-state index in [1.54, 1.807) is 18.5 Å². The number of anilines is 1. The summed E-state index contributed by atoms with van der Waals surface area (Å²) in [6, 6.07) is 1.76. The zero-order valence-corrected chi connectivity index (χ0v) is 10.9. The van der Waals surface area contributed by atoms with E-state index in [4.69, 9.17) is 5.73 Å². The molecule has 1 aromatic rings. The fraction of sp³-hybridized carbons (Fsp3) is 0.600. The van der Waals surface area contributed by atoms with Gasteiger partial charge in [-0.05, 0) is 18.9 Å². The zero-order valence-electron chi connectivity index (χ0n) is 10.9. The number of rotatable bonds is 3. The first-order chi connectivity index (χ1) is 8.77. The van der Waals surface area contributed by atoms with Gasteiger partial charge in [0.05, 0.1) is 0 Å². The second-order valence-corrected chi connectivity index (χ2v) is 5.26. The third-order valence-corrected chi connectivity index (χ3v) is 3.87. The van der Waals surface area contributed by atoms with Crippen LogP contribution in [-0.2, 0) is 11.2 Å². The van der Waals surface area contributed by atoms with Crippen molar-refractivity contribution < 1.29 is 4.79 Å². The minimum atomic E-state index is 0.241. The van der Waals surface area contributed by atoms with Crippen molar-refractivity contribution in [1.82, 2.24) is 4.98 Å². The standard InChI is InChI=1S/C15H22N2O/c16-14-8-9-17-11-13(14)10-15(18)12-6-4-2-1-3-5-7-12/h8-9,11-12H,1-7,10H2,(H2,16,17). The van der Waals surface area contributed by atoms with Gasteiger partial charge in [-0.25, -0.2) is 0 Å². The highest BCUT2D eigenvalue weighted by molar-refractivity contribution is 5.84. The maximum atomic E-state index is 12.3. The molecule has 1 heterocycles. The van der Waals surface area contributed by atoms with Crippen LogP contribution in [0.5, 0.6) is 0 Å². The summed E-state index contributed by atoms with van der Waals surface area (Å²) in [5.74, 6) is 0.585. The fourth-order valence-electron chi connectivity index (χ4n) is 2.70. The van der Waals surface area contributed by atoms with Gasteiger partial charge in [0.1, 0.15) is 5.78 Å². The van der Waals surface area contributed by atoms with Crippen molar-refractivity contribution in [2.45, 2.75) is 51.4 Å². The average molecular weight is 246 g/mol. The van der Waals surface area contributed by atoms with Crippen LogP contribution in [0.15, 0.2) is 18.5 Å². The van der Waals surface area contributed by atoms with Gasteiger partial charge in [0, 0.05) is 36.0 Å². The van der Waals surface area contributed by atoms with Crippen LogP contribution in [0, 0.1) is 5.92 Å². The molecule has 1 saturated carbocycles. The highest BCUT2D eigenvalue weighted by Gasteiger charge is 2.20. The van der Waals surface area contributed by atoms with Gasteiger partial charge in [-0.1, -0.05) is 32.1 Å². The molecule has 3 nitrogen and oxygen atoms in total. The monoisotopic (exact) mass is 246 g/mol. The Morgan fingerprint density at radius 3 is 2.56 bits per heavy atom. The lowest BCUT2D eigenvalue weighted by Gasteiger charge is -2.18. The number of carbonyl (C=O) groups excluding carboxylic acids is 1. The van der Waals surface area contributed by atoms with Crippen molar-refractivity contribution in [1.29, 1.82) is 0 Å². The first-order valence-corrected chi connectivity index (χ1v) is 6.98. The molecular weight excluding hydrogens is 224 g/mol. The molecule has 0 amide bonds. The van der Waals surface area contributed by atoms with E-state index in [-0.39, 0.29) is 5.92 Å². The van der Waals surface area contributed by atoms with E-state index in [9.17, 15) is 4.79 Å². The van der Waals surface area contributed by atoms with Crippen LogP contribution < -0.4 is 5.73 Å². The van der Waals surface area contributed by atoms with Gasteiger partial charge in [-0.2, -0.15) is 0 Å². The quantitative estimate of drug-likeness (QED) is 0.891. The summed E-state index contributed by atoms with van der Waals surface area (Å²) in [5.41, 5.74) is 7.43. The molecule has 1 aliphatic carbocycles. The molecule has 2 N–H and O–H groups in total. The number of nitrogens with two attached hydrogens (primary N) is 1. The van der Waals surface area contributed by atoms with Gasteiger partial charge in [0.2, 0.25) is 0 Å². The minimum Gasteiger partial charge on any atom is -0.398 e. The second-order valence-electron chi connectivity index (χ2n) is 5.26. The summed E-state index contributed by atoms with van der Waals surface area (Å²) < 4.78 is 0. The lowest BCUT2D eigenvalue weighted by atomic mass is 9.86. The Morgan fingerprint density at radius 2 is 1.89 bits per heavy atom. The third kappa shape index (κ3) is 3.56. The molecule has 3 heteroatoms. The largest absolute Gasteiger partial charge is 0.398 e. The highest BCUT2D eigenvalue weighted by Crippen LogP contribution is 2.24. The Morgan fingerprint density at radius 1 is 1.22 bits per heavy atom. The van der Waals surface area contributed by atoms with Gasteiger partial charge in [0.25, 0.3) is 0 Å². The van der Waals surface area contributed by atoms with Crippen molar-refractivity contribution in [3.63, 3.8) is 0 Å². The number of carbonyl (C=O) groups is 1. The van der Waals surface area contributed by atoms with Crippen LogP contribution in [0.1, 0.15) is 50.5 Å². The van der Waals surface area contributed by atoms with E-state index in [0.717, 1.165) is 18.4 Å². The van der Waals surface area contributed by atoms with E-state index in [0.29, 0.717) is 17.9 Å². The molecule has 0 aromatic carbocycles. The smallest absolute Gasteiger partial charge is 0.140 e. The molecule has 1 fully saturated rings. The Hall–Kier alpha value is -1.38. The maximum Gasteiger partial charge on any atom is 0.140 e. The Labute approximate surface area is 109 Å². The normalized spacial score (nSPS) is 18.0. The van der Waals surface area contributed by atoms with E-state index < -0.39 is 0 Å². The lowest BCUT2D eigenvalue weighted by Crippen LogP contribution is -2.18. The molecule has 98 valence electrons. The summed E-state index contributed by atoms with van der Waals surface area (Å²) in [5, 5.41) is 0. The van der Waals surface area contributed by atoms with E-state index >= 15 is 0 Å². The molecule has 18 heavy (non-hydrogen) atoms. The Kier molecular flexibility index (Phi) is 4.73. The molecular formula is C15H22N2O. The Balaban J connectivity index is 1.96. The molecule has 0 unspecified atom stereocenters. The highest BCUT2D eigenvalue weighted by atomic mass is 16.1. The maximum absolute atomic E-state index is 12.3. The van der Waals surface area contributed by atoms with Crippen molar-refractivity contribution >= 4 is 11.5 Å². The summed E-state index contributed by atoms with van der Waals surface area (Å²) >= 11 is 0. The average Bonchev–Trinajstić information content (AvgIpc) is 2.31. The van der Waals surface area contributed by atoms with Crippen LogP contribution in [0.4, 0.5) is 5.69 Å². The summed E-state index contributed by atoms with van der Waals surface area (Å²) in [6.07, 6.45) is 12.2. The molecule has 0 aliphatic heterocycles. The number of nitrogen functional groups attached to an aromatic ring is 1. The van der Waals surface area contributed by atoms with Crippen LogP contribution in [0.25, 0.3) is 0 Å². The zero-order chi connectivity index (χ0) is 12.8. The van der Waals surface area contributed by atoms with Gasteiger partial charge in [-0.3, -0.25) is 9.78 Å². The van der Waals surface area contributed by atoms with Gasteiger partial charge < -0.3 is 5.73 Å². The topological polar surface area (TPSA) is 56.0 Å². The minimum absolute atomic E-state index is 0.241. The molecule has 1 aromatic heterocycles. The third-order valence-electron chi connectivity index (χ3n) is 3.87.